The molecule has 0 N–H and O–H groups in total. The van der Waals surface area contributed by atoms with Crippen LogP contribution in [0.1, 0.15) is 16.9 Å². The molecular weight excluding hydrogens is 434 g/mol. The largest absolute Gasteiger partial charge is 0.492 e. The van der Waals surface area contributed by atoms with Crippen molar-refractivity contribution >= 4 is 40.6 Å². The SMILES string of the molecule is Cc1ccc(OCCN2C(=O)S/C(=C\c3ccc(-c4ccc(C)c(Cl)c4)o3)C2=O)cc1. The topological polar surface area (TPSA) is 59.8 Å². The van der Waals surface area contributed by atoms with Gasteiger partial charge in [0, 0.05) is 16.7 Å². The molecule has 1 fully saturated rings. The van der Waals surface area contributed by atoms with Crippen molar-refractivity contribution in [3.63, 3.8) is 0 Å². The zero-order chi connectivity index (χ0) is 22.0. The molecule has 1 saturated heterocycles. The highest BCUT2D eigenvalue weighted by molar-refractivity contribution is 8.18. The molecule has 2 aromatic carbocycles. The predicted molar refractivity (Wildman–Crippen MR) is 123 cm³/mol. The van der Waals surface area contributed by atoms with Crippen LogP contribution in [0.5, 0.6) is 5.75 Å². The molecule has 7 heteroatoms. The Morgan fingerprint density at radius 1 is 1.06 bits per heavy atom. The second kappa shape index (κ2) is 9.04. The number of hydrogen-bond donors (Lipinski definition) is 0. The summed E-state index contributed by atoms with van der Waals surface area (Å²) in [5.74, 6) is 1.48. The lowest BCUT2D eigenvalue weighted by molar-refractivity contribution is -0.123. The third-order valence-corrected chi connectivity index (χ3v) is 6.15. The lowest BCUT2D eigenvalue weighted by Crippen LogP contribution is -2.32. The van der Waals surface area contributed by atoms with Crippen molar-refractivity contribution in [2.24, 2.45) is 0 Å². The fourth-order valence-corrected chi connectivity index (χ4v) is 4.07. The van der Waals surface area contributed by atoms with Gasteiger partial charge in [0.05, 0.1) is 11.4 Å². The van der Waals surface area contributed by atoms with Crippen molar-refractivity contribution in [3.05, 3.63) is 81.4 Å². The summed E-state index contributed by atoms with van der Waals surface area (Å²) in [5, 5.41) is 0.338. The van der Waals surface area contributed by atoms with E-state index in [1.54, 1.807) is 12.1 Å². The molecule has 158 valence electrons. The number of benzene rings is 2. The minimum Gasteiger partial charge on any atom is -0.492 e. The molecule has 2 amide bonds. The van der Waals surface area contributed by atoms with Gasteiger partial charge in [-0.1, -0.05) is 41.4 Å². The predicted octanol–water partition coefficient (Wildman–Crippen LogP) is 6.33. The number of furan rings is 1. The van der Waals surface area contributed by atoms with Gasteiger partial charge in [0.2, 0.25) is 0 Å². The van der Waals surface area contributed by atoms with E-state index >= 15 is 0 Å². The maximum absolute atomic E-state index is 12.7. The lowest BCUT2D eigenvalue weighted by Gasteiger charge is -2.13. The van der Waals surface area contributed by atoms with Crippen LogP contribution in [-0.4, -0.2) is 29.2 Å². The van der Waals surface area contributed by atoms with Gasteiger partial charge in [0.15, 0.2) is 0 Å². The summed E-state index contributed by atoms with van der Waals surface area (Å²) in [7, 11) is 0. The van der Waals surface area contributed by atoms with E-state index in [-0.39, 0.29) is 24.3 Å². The molecular formula is C24H20ClNO4S. The number of carbonyl (C=O) groups excluding carboxylic acids is 2. The standard InChI is InChI=1S/C24H20ClNO4S/c1-15-3-7-18(8-4-15)29-12-11-26-23(27)22(31-24(26)28)14-19-9-10-21(30-19)17-6-5-16(2)20(25)13-17/h3-10,13-14H,11-12H2,1-2H3/b22-14-. The molecule has 0 atom stereocenters. The third kappa shape index (κ3) is 4.86. The minimum atomic E-state index is -0.348. The monoisotopic (exact) mass is 453 g/mol. The average molecular weight is 454 g/mol. The average Bonchev–Trinajstić information content (AvgIpc) is 3.31. The molecule has 5 nitrogen and oxygen atoms in total. The zero-order valence-corrected chi connectivity index (χ0v) is 18.6. The first kappa shape index (κ1) is 21.3. The van der Waals surface area contributed by atoms with E-state index in [9.17, 15) is 9.59 Å². The van der Waals surface area contributed by atoms with Gasteiger partial charge in [-0.15, -0.1) is 0 Å². The first-order valence-electron chi connectivity index (χ1n) is 9.72. The van der Waals surface area contributed by atoms with Crippen molar-refractivity contribution in [2.45, 2.75) is 13.8 Å². The van der Waals surface area contributed by atoms with Gasteiger partial charge >= 0.3 is 0 Å². The van der Waals surface area contributed by atoms with Gasteiger partial charge in [0.1, 0.15) is 23.9 Å². The van der Waals surface area contributed by atoms with E-state index in [1.165, 1.54) is 4.90 Å². The van der Waals surface area contributed by atoms with Gasteiger partial charge in [-0.05, 0) is 61.5 Å². The molecule has 1 aliphatic heterocycles. The zero-order valence-electron chi connectivity index (χ0n) is 17.1. The lowest BCUT2D eigenvalue weighted by atomic mass is 10.1. The van der Waals surface area contributed by atoms with Crippen LogP contribution in [0.4, 0.5) is 4.79 Å². The number of ether oxygens (including phenoxy) is 1. The Labute approximate surface area is 189 Å². The normalized spacial score (nSPS) is 15.2. The molecule has 4 rings (SSSR count). The number of aryl methyl sites for hydroxylation is 2. The van der Waals surface area contributed by atoms with E-state index in [4.69, 9.17) is 20.8 Å². The molecule has 1 aromatic heterocycles. The highest BCUT2D eigenvalue weighted by atomic mass is 35.5. The first-order chi connectivity index (χ1) is 14.9. The van der Waals surface area contributed by atoms with Crippen LogP contribution in [0.15, 0.2) is 63.9 Å². The van der Waals surface area contributed by atoms with Gasteiger partial charge < -0.3 is 9.15 Å². The Balaban J connectivity index is 1.41. The number of carbonyl (C=O) groups is 2. The van der Waals surface area contributed by atoms with E-state index in [1.807, 2.05) is 62.4 Å². The van der Waals surface area contributed by atoms with Crippen LogP contribution in [0, 0.1) is 13.8 Å². The minimum absolute atomic E-state index is 0.182. The Kier molecular flexibility index (Phi) is 6.20. The van der Waals surface area contributed by atoms with Crippen molar-refractivity contribution in [2.75, 3.05) is 13.2 Å². The molecule has 0 spiro atoms. The highest BCUT2D eigenvalue weighted by Gasteiger charge is 2.35. The second-order valence-electron chi connectivity index (χ2n) is 7.16. The number of amides is 2. The summed E-state index contributed by atoms with van der Waals surface area (Å²) in [6.07, 6.45) is 1.59. The van der Waals surface area contributed by atoms with E-state index in [2.05, 4.69) is 0 Å². The number of hydrogen-bond acceptors (Lipinski definition) is 5. The Bertz CT molecular complexity index is 1170. The summed E-state index contributed by atoms with van der Waals surface area (Å²) < 4.78 is 11.5. The number of imide groups is 1. The smallest absolute Gasteiger partial charge is 0.293 e. The summed E-state index contributed by atoms with van der Waals surface area (Å²) in [5.41, 5.74) is 2.96. The number of thioether (sulfide) groups is 1. The maximum atomic E-state index is 12.7. The Hall–Kier alpha value is -2.96. The molecule has 3 aromatic rings. The van der Waals surface area contributed by atoms with Crippen molar-refractivity contribution in [1.29, 1.82) is 0 Å². The van der Waals surface area contributed by atoms with Crippen LogP contribution in [0.25, 0.3) is 17.4 Å². The van der Waals surface area contributed by atoms with Crippen LogP contribution in [0.3, 0.4) is 0 Å². The van der Waals surface area contributed by atoms with Crippen LogP contribution < -0.4 is 4.74 Å². The summed E-state index contributed by atoms with van der Waals surface area (Å²) >= 11 is 7.09. The fourth-order valence-electron chi connectivity index (χ4n) is 3.04. The first-order valence-corrected chi connectivity index (χ1v) is 10.9. The molecule has 0 radical (unpaired) electrons. The van der Waals surface area contributed by atoms with Crippen LogP contribution in [-0.2, 0) is 4.79 Å². The van der Waals surface area contributed by atoms with Gasteiger partial charge in [0.25, 0.3) is 11.1 Å². The molecule has 0 saturated carbocycles. The van der Waals surface area contributed by atoms with E-state index in [0.717, 1.165) is 28.5 Å². The van der Waals surface area contributed by atoms with E-state index < -0.39 is 0 Å². The van der Waals surface area contributed by atoms with Gasteiger partial charge in [-0.2, -0.15) is 0 Å². The number of halogens is 1. The summed E-state index contributed by atoms with van der Waals surface area (Å²) in [4.78, 5) is 26.5. The van der Waals surface area contributed by atoms with Crippen molar-refractivity contribution < 1.29 is 18.7 Å². The Morgan fingerprint density at radius 3 is 2.58 bits per heavy atom. The second-order valence-corrected chi connectivity index (χ2v) is 8.56. The van der Waals surface area contributed by atoms with E-state index in [0.29, 0.717) is 27.2 Å². The molecule has 31 heavy (non-hydrogen) atoms. The summed E-state index contributed by atoms with van der Waals surface area (Å²) in [6, 6.07) is 16.9. The molecule has 0 bridgehead atoms. The summed E-state index contributed by atoms with van der Waals surface area (Å²) in [6.45, 7) is 4.34. The van der Waals surface area contributed by atoms with Crippen molar-refractivity contribution in [1.82, 2.24) is 4.90 Å². The third-order valence-electron chi connectivity index (χ3n) is 4.83. The highest BCUT2D eigenvalue weighted by Crippen LogP contribution is 2.33. The van der Waals surface area contributed by atoms with Gasteiger partial charge in [-0.3, -0.25) is 14.5 Å². The number of rotatable bonds is 6. The molecule has 2 heterocycles. The number of nitrogens with zero attached hydrogens (tertiary/aromatic N) is 1. The Morgan fingerprint density at radius 2 is 1.84 bits per heavy atom. The fraction of sp³-hybridized carbons (Fsp3) is 0.167. The molecule has 1 aliphatic rings. The maximum Gasteiger partial charge on any atom is 0.293 e. The van der Waals surface area contributed by atoms with Crippen molar-refractivity contribution in [3.8, 4) is 17.1 Å². The van der Waals surface area contributed by atoms with Crippen LogP contribution in [0.2, 0.25) is 5.02 Å². The van der Waals surface area contributed by atoms with Crippen LogP contribution >= 0.6 is 23.4 Å². The van der Waals surface area contributed by atoms with Gasteiger partial charge in [-0.25, -0.2) is 0 Å². The molecule has 0 unspecified atom stereocenters. The molecule has 0 aliphatic carbocycles. The quantitative estimate of drug-likeness (QED) is 0.408.